The molecule has 1 fully saturated rings. The first kappa shape index (κ1) is 15.6. The molecule has 1 aliphatic rings. The van der Waals surface area contributed by atoms with Gasteiger partial charge in [0.05, 0.1) is 12.2 Å². The molecule has 0 radical (unpaired) electrons. The number of nitrogens with zero attached hydrogens (tertiary/aromatic N) is 3. The first-order chi connectivity index (χ1) is 10.9. The van der Waals surface area contributed by atoms with Gasteiger partial charge in [0.1, 0.15) is 11.8 Å². The topological polar surface area (TPSA) is 66.7 Å². The van der Waals surface area contributed by atoms with Crippen LogP contribution in [0.1, 0.15) is 23.9 Å². The molecule has 3 rings (SSSR count). The van der Waals surface area contributed by atoms with Crippen LogP contribution < -0.4 is 4.90 Å². The van der Waals surface area contributed by atoms with Crippen molar-refractivity contribution in [2.45, 2.75) is 33.4 Å². The minimum Gasteiger partial charge on any atom is -0.361 e. The van der Waals surface area contributed by atoms with Gasteiger partial charge in [-0.15, -0.1) is 0 Å². The molecule has 0 unspecified atom stereocenters. The van der Waals surface area contributed by atoms with Crippen LogP contribution in [0.4, 0.5) is 10.5 Å². The van der Waals surface area contributed by atoms with Gasteiger partial charge in [-0.05, 0) is 45.0 Å². The number of carbonyl (C=O) groups excluding carboxylic acids is 2. The van der Waals surface area contributed by atoms with Crippen molar-refractivity contribution in [2.24, 2.45) is 0 Å². The summed E-state index contributed by atoms with van der Waals surface area (Å²) >= 11 is 5.88. The number of rotatable bonds is 3. The highest BCUT2D eigenvalue weighted by atomic mass is 35.5. The maximum Gasteiger partial charge on any atom is 0.332 e. The monoisotopic (exact) mass is 333 g/mol. The minimum absolute atomic E-state index is 0.160. The number of amides is 3. The number of carbonyl (C=O) groups is 2. The number of hydrogen-bond donors (Lipinski definition) is 0. The lowest BCUT2D eigenvalue weighted by Crippen LogP contribution is -2.33. The Labute approximate surface area is 138 Å². The Kier molecular flexibility index (Phi) is 3.85. The van der Waals surface area contributed by atoms with Crippen molar-refractivity contribution >= 4 is 29.2 Å². The van der Waals surface area contributed by atoms with Crippen molar-refractivity contribution in [2.75, 3.05) is 4.90 Å². The van der Waals surface area contributed by atoms with Crippen LogP contribution in [0.15, 0.2) is 28.8 Å². The summed E-state index contributed by atoms with van der Waals surface area (Å²) in [6, 6.07) is 5.91. The average Bonchev–Trinajstić information content (AvgIpc) is 2.94. The van der Waals surface area contributed by atoms with Crippen LogP contribution in [0.2, 0.25) is 5.02 Å². The third-order valence-electron chi connectivity index (χ3n) is 4.05. The van der Waals surface area contributed by atoms with E-state index in [2.05, 4.69) is 5.16 Å². The van der Waals surface area contributed by atoms with E-state index >= 15 is 0 Å². The number of hydrogen-bond acceptors (Lipinski definition) is 4. The van der Waals surface area contributed by atoms with Crippen LogP contribution in [0.3, 0.4) is 0 Å². The van der Waals surface area contributed by atoms with Gasteiger partial charge in [-0.1, -0.05) is 16.8 Å². The van der Waals surface area contributed by atoms with Crippen molar-refractivity contribution in [3.05, 3.63) is 46.3 Å². The van der Waals surface area contributed by atoms with E-state index in [0.717, 1.165) is 5.56 Å². The van der Waals surface area contributed by atoms with E-state index in [9.17, 15) is 9.59 Å². The zero-order valence-electron chi connectivity index (χ0n) is 13.0. The number of imide groups is 1. The van der Waals surface area contributed by atoms with Crippen molar-refractivity contribution in [3.8, 4) is 0 Å². The van der Waals surface area contributed by atoms with E-state index in [1.807, 2.05) is 0 Å². The first-order valence-electron chi connectivity index (χ1n) is 7.22. The first-order valence-corrected chi connectivity index (χ1v) is 7.60. The molecule has 0 bridgehead atoms. The van der Waals surface area contributed by atoms with Gasteiger partial charge < -0.3 is 4.52 Å². The summed E-state index contributed by atoms with van der Waals surface area (Å²) in [6.07, 6.45) is 0. The highest BCUT2D eigenvalue weighted by Crippen LogP contribution is 2.28. The molecule has 1 saturated heterocycles. The molecule has 2 heterocycles. The van der Waals surface area contributed by atoms with Gasteiger partial charge in [0.15, 0.2) is 0 Å². The van der Waals surface area contributed by atoms with Crippen molar-refractivity contribution < 1.29 is 14.1 Å². The molecule has 0 aliphatic carbocycles. The molecular formula is C16H16ClN3O3. The highest BCUT2D eigenvalue weighted by Gasteiger charge is 2.43. The largest absolute Gasteiger partial charge is 0.361 e. The molecule has 3 amide bonds. The highest BCUT2D eigenvalue weighted by molar-refractivity contribution is 6.30. The molecule has 0 saturated carbocycles. The molecule has 1 aromatic carbocycles. The van der Waals surface area contributed by atoms with Gasteiger partial charge in [-0.25, -0.2) is 4.79 Å². The van der Waals surface area contributed by atoms with Gasteiger partial charge in [0.2, 0.25) is 0 Å². The third kappa shape index (κ3) is 2.59. The van der Waals surface area contributed by atoms with Gasteiger partial charge in [-0.3, -0.25) is 14.6 Å². The van der Waals surface area contributed by atoms with E-state index in [1.165, 1.54) is 9.80 Å². The Morgan fingerprint density at radius 1 is 1.22 bits per heavy atom. The average molecular weight is 334 g/mol. The summed E-state index contributed by atoms with van der Waals surface area (Å²) in [4.78, 5) is 27.9. The molecule has 0 N–H and O–H groups in total. The van der Waals surface area contributed by atoms with Gasteiger partial charge >= 0.3 is 6.03 Å². The number of urea groups is 1. The zero-order valence-corrected chi connectivity index (χ0v) is 13.8. The summed E-state index contributed by atoms with van der Waals surface area (Å²) in [5.41, 5.74) is 2.08. The quantitative estimate of drug-likeness (QED) is 0.808. The fourth-order valence-corrected chi connectivity index (χ4v) is 2.82. The molecule has 2 aromatic rings. The van der Waals surface area contributed by atoms with Crippen LogP contribution in [-0.2, 0) is 11.3 Å². The molecule has 23 heavy (non-hydrogen) atoms. The molecular weight excluding hydrogens is 318 g/mol. The minimum atomic E-state index is -0.566. The number of anilines is 1. The van der Waals surface area contributed by atoms with E-state index in [-0.39, 0.29) is 18.5 Å². The van der Waals surface area contributed by atoms with Gasteiger partial charge in [0.25, 0.3) is 5.91 Å². The second-order valence-corrected chi connectivity index (χ2v) is 5.97. The normalized spacial score (nSPS) is 18.2. The summed E-state index contributed by atoms with van der Waals surface area (Å²) in [5.74, 6) is 0.366. The molecule has 1 aromatic heterocycles. The predicted molar refractivity (Wildman–Crippen MR) is 85.3 cm³/mol. The predicted octanol–water partition coefficient (Wildman–Crippen LogP) is 3.30. The lowest BCUT2D eigenvalue weighted by Gasteiger charge is -2.19. The van der Waals surface area contributed by atoms with Crippen LogP contribution >= 0.6 is 11.6 Å². The molecule has 1 atom stereocenters. The standard InChI is InChI=1S/C16H16ClN3O3/c1-9-14(11(3)23-18-9)8-19-15(21)10(2)20(16(19)22)13-6-4-12(17)5-7-13/h4-7,10H,8H2,1-3H3/t10-/m0/s1. The van der Waals surface area contributed by atoms with E-state index in [4.69, 9.17) is 16.1 Å². The fraction of sp³-hybridized carbons (Fsp3) is 0.312. The van der Waals surface area contributed by atoms with Crippen LogP contribution in [0, 0.1) is 13.8 Å². The van der Waals surface area contributed by atoms with Crippen LogP contribution in [0.5, 0.6) is 0 Å². The Morgan fingerprint density at radius 3 is 2.43 bits per heavy atom. The Balaban J connectivity index is 1.90. The number of aromatic nitrogens is 1. The molecule has 0 spiro atoms. The lowest BCUT2D eigenvalue weighted by molar-refractivity contribution is -0.127. The van der Waals surface area contributed by atoms with E-state index in [1.54, 1.807) is 45.0 Å². The summed E-state index contributed by atoms with van der Waals surface area (Å²) in [5, 5.41) is 4.44. The Hall–Kier alpha value is -2.34. The summed E-state index contributed by atoms with van der Waals surface area (Å²) < 4.78 is 5.10. The molecule has 1 aliphatic heterocycles. The van der Waals surface area contributed by atoms with Gasteiger partial charge in [0, 0.05) is 16.3 Å². The Bertz CT molecular complexity index is 750. The SMILES string of the molecule is Cc1noc(C)c1CN1C(=O)[C@H](C)N(c2ccc(Cl)cc2)C1=O. The molecule has 6 nitrogen and oxygen atoms in total. The second-order valence-electron chi connectivity index (χ2n) is 5.53. The van der Waals surface area contributed by atoms with Gasteiger partial charge in [-0.2, -0.15) is 0 Å². The maximum atomic E-state index is 12.7. The molecule has 120 valence electrons. The number of aryl methyl sites for hydroxylation is 2. The van der Waals surface area contributed by atoms with E-state index < -0.39 is 6.04 Å². The fourth-order valence-electron chi connectivity index (χ4n) is 2.69. The maximum absolute atomic E-state index is 12.7. The van der Waals surface area contributed by atoms with Crippen LogP contribution in [0.25, 0.3) is 0 Å². The van der Waals surface area contributed by atoms with E-state index in [0.29, 0.717) is 22.2 Å². The van der Waals surface area contributed by atoms with Crippen LogP contribution in [-0.4, -0.2) is 28.0 Å². The number of halogens is 1. The lowest BCUT2D eigenvalue weighted by atomic mass is 10.2. The summed E-state index contributed by atoms with van der Waals surface area (Å²) in [7, 11) is 0. The van der Waals surface area contributed by atoms with Crippen molar-refractivity contribution in [1.82, 2.24) is 10.1 Å². The molecule has 7 heteroatoms. The summed E-state index contributed by atoms with van der Waals surface area (Å²) in [6.45, 7) is 5.42. The number of benzene rings is 1. The Morgan fingerprint density at radius 2 is 1.87 bits per heavy atom. The van der Waals surface area contributed by atoms with Crippen molar-refractivity contribution in [3.63, 3.8) is 0 Å². The van der Waals surface area contributed by atoms with Crippen molar-refractivity contribution in [1.29, 1.82) is 0 Å². The second kappa shape index (κ2) is 5.70. The smallest absolute Gasteiger partial charge is 0.332 e. The zero-order chi connectivity index (χ0) is 16.7. The third-order valence-corrected chi connectivity index (χ3v) is 4.30.